The summed E-state index contributed by atoms with van der Waals surface area (Å²) in [6, 6.07) is 17.0. The van der Waals surface area contributed by atoms with E-state index in [4.69, 9.17) is 7.56 Å². The molecule has 3 nitrogen and oxygen atoms in total. The Hall–Kier alpha value is -0.403. The third-order valence-corrected chi connectivity index (χ3v) is 30.9. The van der Waals surface area contributed by atoms with Gasteiger partial charge in [-0.1, -0.05) is 0 Å². The first kappa shape index (κ1) is 26.8. The van der Waals surface area contributed by atoms with E-state index in [1.165, 1.54) is 49.7 Å². The molecule has 0 unspecified atom stereocenters. The Morgan fingerprint density at radius 2 is 0.968 bits per heavy atom. The summed E-state index contributed by atoms with van der Waals surface area (Å²) in [6.07, 6.45) is 9.53. The van der Waals surface area contributed by atoms with Gasteiger partial charge in [-0.3, -0.25) is 0 Å². The van der Waals surface area contributed by atoms with Crippen LogP contribution in [-0.2, 0) is 14.3 Å². The van der Waals surface area contributed by atoms with E-state index in [2.05, 4.69) is 82.1 Å². The summed E-state index contributed by atoms with van der Waals surface area (Å²) < 4.78 is 20.0. The van der Waals surface area contributed by atoms with E-state index in [0.717, 1.165) is 24.3 Å². The van der Waals surface area contributed by atoms with E-state index in [1.807, 2.05) is 0 Å². The van der Waals surface area contributed by atoms with Crippen LogP contribution < -0.4 is 6.15 Å². The molecule has 0 saturated carbocycles. The molecular formula is C26H42O3Sn2. The Balaban J connectivity index is 2.06. The predicted molar refractivity (Wildman–Crippen MR) is 137 cm³/mol. The minimum absolute atomic E-state index is 1.02. The standard InChI is InChI=1S/2C11H16O.4CH3.O.2Sn/c2*1-2-3-4-7-10-8-5-6-9-11(10)12;;;;;;;/h2*5-6,8-9,12H,2-4,7H2,1H3;4*1H3;;;/q;;;;;;;2*+1/p-2. The Morgan fingerprint density at radius 3 is 1.35 bits per heavy atom. The fraction of sp³-hybridized carbons (Fsp3) is 0.538. The number of hydrogen-bond donors (Lipinski definition) is 0. The van der Waals surface area contributed by atoms with Crippen LogP contribution in [0.5, 0.6) is 11.5 Å². The number of hydrogen-bond acceptors (Lipinski definition) is 3. The van der Waals surface area contributed by atoms with Crippen LogP contribution >= 0.6 is 0 Å². The van der Waals surface area contributed by atoms with Crippen LogP contribution in [0.2, 0.25) is 19.8 Å². The van der Waals surface area contributed by atoms with Gasteiger partial charge in [0.2, 0.25) is 0 Å². The van der Waals surface area contributed by atoms with Gasteiger partial charge in [0.15, 0.2) is 0 Å². The van der Waals surface area contributed by atoms with Crippen LogP contribution in [0.1, 0.15) is 63.5 Å². The van der Waals surface area contributed by atoms with Gasteiger partial charge in [-0.25, -0.2) is 0 Å². The number of para-hydroxylation sites is 2. The van der Waals surface area contributed by atoms with Crippen molar-refractivity contribution in [1.82, 2.24) is 0 Å². The molecule has 0 saturated heterocycles. The van der Waals surface area contributed by atoms with Crippen molar-refractivity contribution < 1.29 is 7.56 Å². The molecule has 0 aliphatic carbocycles. The Morgan fingerprint density at radius 1 is 0.581 bits per heavy atom. The third kappa shape index (κ3) is 9.95. The summed E-state index contributed by atoms with van der Waals surface area (Å²) in [5.41, 5.74) is 2.61. The van der Waals surface area contributed by atoms with E-state index >= 15 is 0 Å². The van der Waals surface area contributed by atoms with Crippen molar-refractivity contribution >= 4 is 38.4 Å². The zero-order valence-electron chi connectivity index (χ0n) is 20.5. The van der Waals surface area contributed by atoms with Crippen LogP contribution in [0.15, 0.2) is 48.5 Å². The molecule has 0 aliphatic rings. The van der Waals surface area contributed by atoms with Gasteiger partial charge >= 0.3 is 202 Å². The van der Waals surface area contributed by atoms with Gasteiger partial charge in [-0.05, 0) is 0 Å². The van der Waals surface area contributed by atoms with Crippen LogP contribution in [-0.4, -0.2) is 38.4 Å². The van der Waals surface area contributed by atoms with Gasteiger partial charge in [0, 0.05) is 0 Å². The second kappa shape index (κ2) is 13.3. The molecule has 0 amide bonds. The number of aryl methyl sites for hydroxylation is 2. The summed E-state index contributed by atoms with van der Waals surface area (Å²) in [5, 5.41) is 0. The molecule has 5 heteroatoms. The molecule has 0 spiro atoms. The van der Waals surface area contributed by atoms with E-state index in [9.17, 15) is 0 Å². The SMILES string of the molecule is CCCCCc1ccccc1[O][Sn]([CH3])([CH3])[O][Sn]([CH3])([CH3])[O]c1ccccc1CCCCC. The van der Waals surface area contributed by atoms with Crippen molar-refractivity contribution in [3.05, 3.63) is 59.7 Å². The second-order valence-corrected chi connectivity index (χ2v) is 30.9. The predicted octanol–water partition coefficient (Wildman–Crippen LogP) is 8.03. The van der Waals surface area contributed by atoms with E-state index in [-0.39, 0.29) is 0 Å². The van der Waals surface area contributed by atoms with Crippen molar-refractivity contribution in [3.8, 4) is 11.5 Å². The zero-order chi connectivity index (χ0) is 22.7. The number of unbranched alkanes of at least 4 members (excludes halogenated alkanes) is 4. The molecule has 172 valence electrons. The van der Waals surface area contributed by atoms with Gasteiger partial charge in [0.1, 0.15) is 0 Å². The third-order valence-electron chi connectivity index (χ3n) is 5.25. The minimum atomic E-state index is -3.24. The van der Waals surface area contributed by atoms with Crippen LogP contribution in [0, 0.1) is 0 Å². The van der Waals surface area contributed by atoms with Crippen LogP contribution in [0.3, 0.4) is 0 Å². The van der Waals surface area contributed by atoms with Gasteiger partial charge in [0.05, 0.1) is 0 Å². The van der Waals surface area contributed by atoms with Crippen LogP contribution in [0.25, 0.3) is 0 Å². The Kier molecular flexibility index (Phi) is 11.6. The van der Waals surface area contributed by atoms with Gasteiger partial charge in [-0.15, -0.1) is 0 Å². The van der Waals surface area contributed by atoms with Crippen molar-refractivity contribution in [3.63, 3.8) is 0 Å². The molecule has 0 fully saturated rings. The molecule has 2 aromatic carbocycles. The summed E-state index contributed by atoms with van der Waals surface area (Å²) >= 11 is -6.48. The second-order valence-electron chi connectivity index (χ2n) is 9.24. The van der Waals surface area contributed by atoms with Crippen molar-refractivity contribution in [2.24, 2.45) is 0 Å². The molecule has 0 N–H and O–H groups in total. The molecule has 0 atom stereocenters. The molecule has 0 aromatic heterocycles. The molecule has 0 aliphatic heterocycles. The summed E-state index contributed by atoms with van der Waals surface area (Å²) in [5.74, 6) is 2.03. The Bertz CT molecular complexity index is 724. The van der Waals surface area contributed by atoms with Crippen molar-refractivity contribution in [1.29, 1.82) is 0 Å². The van der Waals surface area contributed by atoms with Gasteiger partial charge in [0.25, 0.3) is 0 Å². The first-order valence-electron chi connectivity index (χ1n) is 12.0. The topological polar surface area (TPSA) is 27.7 Å². The average molecular weight is 640 g/mol. The fourth-order valence-electron chi connectivity index (χ4n) is 3.91. The molecule has 2 rings (SSSR count). The van der Waals surface area contributed by atoms with Crippen LogP contribution in [0.4, 0.5) is 0 Å². The molecule has 2 aromatic rings. The van der Waals surface area contributed by atoms with Gasteiger partial charge in [-0.2, -0.15) is 0 Å². The van der Waals surface area contributed by atoms with E-state index in [1.54, 1.807) is 0 Å². The van der Waals surface area contributed by atoms with Gasteiger partial charge < -0.3 is 0 Å². The normalized spacial score (nSPS) is 12.1. The van der Waals surface area contributed by atoms with Crippen molar-refractivity contribution in [2.45, 2.75) is 85.0 Å². The summed E-state index contributed by atoms with van der Waals surface area (Å²) in [6.45, 7) is 4.49. The summed E-state index contributed by atoms with van der Waals surface area (Å²) in [4.78, 5) is 8.86. The van der Waals surface area contributed by atoms with E-state index < -0.39 is 38.4 Å². The molecule has 0 heterocycles. The molecule has 31 heavy (non-hydrogen) atoms. The number of rotatable bonds is 14. The molecule has 0 radical (unpaired) electrons. The quantitative estimate of drug-likeness (QED) is 0.155. The maximum absolute atomic E-state index is 6.77. The summed E-state index contributed by atoms with van der Waals surface area (Å²) in [7, 11) is 0. The van der Waals surface area contributed by atoms with Crippen molar-refractivity contribution in [2.75, 3.05) is 0 Å². The fourth-order valence-corrected chi connectivity index (χ4v) is 36.0. The first-order valence-corrected chi connectivity index (χ1v) is 28.1. The van der Waals surface area contributed by atoms with E-state index in [0.29, 0.717) is 0 Å². The zero-order valence-corrected chi connectivity index (χ0v) is 26.2. The average Bonchev–Trinajstić information content (AvgIpc) is 2.69. The first-order chi connectivity index (χ1) is 14.8. The Labute approximate surface area is 200 Å². The molecular weight excluding hydrogens is 598 g/mol. The number of benzene rings is 2. The molecule has 0 bridgehead atoms. The monoisotopic (exact) mass is 642 g/mol. The maximum atomic E-state index is 6.77.